The van der Waals surface area contributed by atoms with Gasteiger partial charge in [-0.15, -0.1) is 11.3 Å². The minimum atomic E-state index is -3.38. The van der Waals surface area contributed by atoms with Crippen molar-refractivity contribution in [1.29, 1.82) is 0 Å². The molecule has 23 heavy (non-hydrogen) atoms. The monoisotopic (exact) mass is 376 g/mol. The molecule has 6 nitrogen and oxygen atoms in total. The van der Waals surface area contributed by atoms with Crippen LogP contribution in [0.2, 0.25) is 0 Å². The van der Waals surface area contributed by atoms with Crippen molar-refractivity contribution < 1.29 is 8.42 Å². The van der Waals surface area contributed by atoms with Crippen molar-refractivity contribution in [1.82, 2.24) is 14.9 Å². The van der Waals surface area contributed by atoms with Crippen LogP contribution in [0.1, 0.15) is 12.8 Å². The van der Waals surface area contributed by atoms with E-state index in [4.69, 9.17) is 0 Å². The van der Waals surface area contributed by atoms with Crippen molar-refractivity contribution >= 4 is 39.1 Å². The maximum atomic E-state index is 12.3. The highest BCUT2D eigenvalue weighted by molar-refractivity contribution is 8.00. The number of thiophene rings is 1. The Kier molecular flexibility index (Phi) is 7.19. The summed E-state index contributed by atoms with van der Waals surface area (Å²) in [7, 11) is -0.0527. The smallest absolute Gasteiger partial charge is 0.252 e. The van der Waals surface area contributed by atoms with E-state index < -0.39 is 10.0 Å². The molecule has 0 bridgehead atoms. The number of sulfonamides is 1. The number of nitrogens with one attached hydrogen (secondary N) is 2. The second-order valence-corrected chi connectivity index (χ2v) is 9.90. The number of rotatable bonds is 7. The minimum absolute atomic E-state index is 0.376. The van der Waals surface area contributed by atoms with Crippen molar-refractivity contribution in [2.45, 2.75) is 22.3 Å². The van der Waals surface area contributed by atoms with Gasteiger partial charge >= 0.3 is 0 Å². The Bertz CT molecular complexity index is 596. The van der Waals surface area contributed by atoms with Crippen molar-refractivity contribution in [3.63, 3.8) is 0 Å². The lowest BCUT2D eigenvalue weighted by molar-refractivity contribution is 0.471. The van der Waals surface area contributed by atoms with Gasteiger partial charge in [0.05, 0.1) is 0 Å². The summed E-state index contributed by atoms with van der Waals surface area (Å²) in [5, 5.41) is 8.89. The molecule has 0 aromatic carbocycles. The van der Waals surface area contributed by atoms with Gasteiger partial charge in [-0.3, -0.25) is 4.99 Å². The average molecular weight is 377 g/mol. The van der Waals surface area contributed by atoms with E-state index in [-0.39, 0.29) is 0 Å². The maximum Gasteiger partial charge on any atom is 0.252 e. The van der Waals surface area contributed by atoms with Crippen LogP contribution in [0, 0.1) is 0 Å². The summed E-state index contributed by atoms with van der Waals surface area (Å²) in [6.07, 6.45) is 2.53. The summed E-state index contributed by atoms with van der Waals surface area (Å²) in [6.45, 7) is 1.80. The number of likely N-dealkylation sites (N-methyl/N-ethyl adjacent to an activating group) is 1. The van der Waals surface area contributed by atoms with E-state index in [0.717, 1.165) is 12.5 Å². The number of hydrogen-bond donors (Lipinski definition) is 2. The summed E-state index contributed by atoms with van der Waals surface area (Å²) >= 11 is 3.23. The van der Waals surface area contributed by atoms with Crippen LogP contribution in [0.3, 0.4) is 0 Å². The van der Waals surface area contributed by atoms with Gasteiger partial charge in [0, 0.05) is 39.0 Å². The predicted octanol–water partition coefficient (Wildman–Crippen LogP) is 1.43. The first-order valence-corrected chi connectivity index (χ1v) is 11.0. The molecule has 1 aliphatic rings. The Labute approximate surface area is 146 Å². The molecule has 1 aliphatic heterocycles. The first-order valence-electron chi connectivity index (χ1n) is 7.60. The second-order valence-electron chi connectivity index (χ2n) is 5.27. The normalized spacial score (nSPS) is 19.3. The Hall–Kier alpha value is -0.770. The number of thioether (sulfide) groups is 1. The third kappa shape index (κ3) is 5.37. The zero-order chi connectivity index (χ0) is 16.7. The van der Waals surface area contributed by atoms with Crippen molar-refractivity contribution in [3.8, 4) is 0 Å². The standard InChI is InChI=1S/C14H24N4O2S3/c1-15-14(17-11-12-5-3-9-21-12)16-7-8-18(2)23(19,20)13-6-4-10-22-13/h4,6,10,12H,3,5,7-9,11H2,1-2H3,(H2,15,16,17). The molecule has 1 fully saturated rings. The second kappa shape index (κ2) is 8.91. The van der Waals surface area contributed by atoms with E-state index in [0.29, 0.717) is 22.5 Å². The van der Waals surface area contributed by atoms with Gasteiger partial charge in [0.25, 0.3) is 10.0 Å². The SMILES string of the molecule is CN=C(NCCN(C)S(=O)(=O)c1cccs1)NCC1CCCS1. The van der Waals surface area contributed by atoms with Crippen LogP contribution in [0.4, 0.5) is 0 Å². The fourth-order valence-electron chi connectivity index (χ4n) is 2.25. The summed E-state index contributed by atoms with van der Waals surface area (Å²) < 4.78 is 26.3. The highest BCUT2D eigenvalue weighted by Crippen LogP contribution is 2.25. The molecule has 1 atom stereocenters. The molecule has 0 radical (unpaired) electrons. The molecular formula is C14H24N4O2S3. The first kappa shape index (κ1) is 18.6. The van der Waals surface area contributed by atoms with E-state index >= 15 is 0 Å². The van der Waals surface area contributed by atoms with Crippen LogP contribution in [-0.2, 0) is 10.0 Å². The molecule has 0 aliphatic carbocycles. The van der Waals surface area contributed by atoms with E-state index in [1.165, 1.54) is 34.2 Å². The largest absolute Gasteiger partial charge is 0.355 e. The number of nitrogens with zero attached hydrogens (tertiary/aromatic N) is 2. The van der Waals surface area contributed by atoms with Gasteiger partial charge < -0.3 is 10.6 Å². The third-order valence-corrected chi connectivity index (χ3v) is 8.25. The molecule has 2 N–H and O–H groups in total. The van der Waals surface area contributed by atoms with E-state index in [9.17, 15) is 8.42 Å². The van der Waals surface area contributed by atoms with Crippen molar-refractivity contribution in [3.05, 3.63) is 17.5 Å². The van der Waals surface area contributed by atoms with Crippen molar-refractivity contribution in [2.75, 3.05) is 39.5 Å². The van der Waals surface area contributed by atoms with Gasteiger partial charge in [-0.2, -0.15) is 16.1 Å². The topological polar surface area (TPSA) is 73.8 Å². The highest BCUT2D eigenvalue weighted by atomic mass is 32.2. The van der Waals surface area contributed by atoms with Crippen LogP contribution < -0.4 is 10.6 Å². The molecule has 0 saturated carbocycles. The molecule has 1 unspecified atom stereocenters. The quantitative estimate of drug-likeness (QED) is 0.556. The van der Waals surface area contributed by atoms with Gasteiger partial charge in [-0.25, -0.2) is 8.42 Å². The molecule has 0 spiro atoms. The minimum Gasteiger partial charge on any atom is -0.355 e. The highest BCUT2D eigenvalue weighted by Gasteiger charge is 2.21. The fourth-order valence-corrected chi connectivity index (χ4v) is 5.83. The van der Waals surface area contributed by atoms with Gasteiger partial charge in [0.15, 0.2) is 5.96 Å². The van der Waals surface area contributed by atoms with E-state index in [1.807, 2.05) is 11.8 Å². The molecule has 0 amide bonds. The zero-order valence-electron chi connectivity index (χ0n) is 13.5. The third-order valence-electron chi connectivity index (χ3n) is 3.62. The van der Waals surface area contributed by atoms with Crippen molar-refractivity contribution in [2.24, 2.45) is 4.99 Å². The molecule has 1 saturated heterocycles. The lowest BCUT2D eigenvalue weighted by atomic mass is 10.2. The van der Waals surface area contributed by atoms with Crippen LogP contribution in [0.5, 0.6) is 0 Å². The number of guanidine groups is 1. The molecule has 1 aromatic heterocycles. The Balaban J connectivity index is 1.74. The van der Waals surface area contributed by atoms with Gasteiger partial charge in [0.2, 0.25) is 0 Å². The summed E-state index contributed by atoms with van der Waals surface area (Å²) in [6, 6.07) is 3.38. The summed E-state index contributed by atoms with van der Waals surface area (Å²) in [5.41, 5.74) is 0. The van der Waals surface area contributed by atoms with Crippen LogP contribution in [0.25, 0.3) is 0 Å². The fraction of sp³-hybridized carbons (Fsp3) is 0.643. The van der Waals surface area contributed by atoms with Gasteiger partial charge in [-0.05, 0) is 30.0 Å². The average Bonchev–Trinajstić information content (AvgIpc) is 3.23. The first-order chi connectivity index (χ1) is 11.0. The molecule has 1 aromatic rings. The Morgan fingerprint density at radius 3 is 2.91 bits per heavy atom. The molecule has 9 heteroatoms. The molecule has 2 rings (SSSR count). The number of hydrogen-bond acceptors (Lipinski definition) is 5. The number of aliphatic imine (C=N–C) groups is 1. The van der Waals surface area contributed by atoms with Gasteiger partial charge in [-0.1, -0.05) is 6.07 Å². The predicted molar refractivity (Wildman–Crippen MR) is 99.0 cm³/mol. The summed E-state index contributed by atoms with van der Waals surface area (Å²) in [4.78, 5) is 4.18. The van der Waals surface area contributed by atoms with Gasteiger partial charge in [0.1, 0.15) is 4.21 Å². The zero-order valence-corrected chi connectivity index (χ0v) is 15.9. The molecule has 2 heterocycles. The lowest BCUT2D eigenvalue weighted by Crippen LogP contribution is -2.43. The van der Waals surface area contributed by atoms with Crippen LogP contribution >= 0.6 is 23.1 Å². The van der Waals surface area contributed by atoms with E-state index in [1.54, 1.807) is 31.6 Å². The lowest BCUT2D eigenvalue weighted by Gasteiger charge is -2.18. The maximum absolute atomic E-state index is 12.3. The Morgan fingerprint density at radius 1 is 1.48 bits per heavy atom. The van der Waals surface area contributed by atoms with Crippen LogP contribution in [-0.4, -0.2) is 63.4 Å². The molecule has 130 valence electrons. The summed E-state index contributed by atoms with van der Waals surface area (Å²) in [5.74, 6) is 1.96. The van der Waals surface area contributed by atoms with Crippen LogP contribution in [0.15, 0.2) is 26.7 Å². The Morgan fingerprint density at radius 2 is 2.30 bits per heavy atom. The van der Waals surface area contributed by atoms with E-state index in [2.05, 4.69) is 15.6 Å². The molecular weight excluding hydrogens is 352 g/mol.